The molecule has 102 valence electrons. The monoisotopic (exact) mass is 246 g/mol. The second-order valence-electron chi connectivity index (χ2n) is 4.87. The first-order chi connectivity index (χ1) is 8.06. The van der Waals surface area contributed by atoms with Crippen molar-refractivity contribution in [2.75, 3.05) is 13.2 Å². The maximum absolute atomic E-state index is 11.2. The third-order valence-corrected chi connectivity index (χ3v) is 2.56. The summed E-state index contributed by atoms with van der Waals surface area (Å²) in [6, 6.07) is 0. The molecule has 1 atom stereocenters. The summed E-state index contributed by atoms with van der Waals surface area (Å²) in [7, 11) is 0. The molecule has 0 aliphatic rings. The summed E-state index contributed by atoms with van der Waals surface area (Å²) in [5.74, 6) is 0.460. The van der Waals surface area contributed by atoms with Gasteiger partial charge in [0.2, 0.25) is 0 Å². The summed E-state index contributed by atoms with van der Waals surface area (Å²) >= 11 is 0. The smallest absolute Gasteiger partial charge is 0.305 e. The van der Waals surface area contributed by atoms with Crippen LogP contribution < -0.4 is 0 Å². The minimum atomic E-state index is -0.954. The van der Waals surface area contributed by atoms with Crippen molar-refractivity contribution >= 4 is 5.97 Å². The van der Waals surface area contributed by atoms with E-state index >= 15 is 0 Å². The van der Waals surface area contributed by atoms with Gasteiger partial charge in [0.1, 0.15) is 12.7 Å². The van der Waals surface area contributed by atoms with Crippen molar-refractivity contribution in [3.63, 3.8) is 0 Å². The Morgan fingerprint density at radius 1 is 1.18 bits per heavy atom. The van der Waals surface area contributed by atoms with Gasteiger partial charge in [0.15, 0.2) is 0 Å². The molecule has 4 heteroatoms. The van der Waals surface area contributed by atoms with Crippen LogP contribution in [0.25, 0.3) is 0 Å². The zero-order valence-electron chi connectivity index (χ0n) is 11.0. The van der Waals surface area contributed by atoms with Gasteiger partial charge in [0, 0.05) is 6.42 Å². The zero-order valence-corrected chi connectivity index (χ0v) is 11.0. The number of aliphatic hydroxyl groups is 2. The zero-order chi connectivity index (χ0) is 13.1. The fourth-order valence-corrected chi connectivity index (χ4v) is 1.49. The Morgan fingerprint density at radius 3 is 2.41 bits per heavy atom. The number of ether oxygens (including phenoxy) is 1. The first-order valence-corrected chi connectivity index (χ1v) is 6.50. The molecule has 1 unspecified atom stereocenters. The minimum absolute atomic E-state index is 0.108. The van der Waals surface area contributed by atoms with Crippen molar-refractivity contribution in [3.8, 4) is 0 Å². The largest absolute Gasteiger partial charge is 0.463 e. The molecule has 0 saturated carbocycles. The first-order valence-electron chi connectivity index (χ1n) is 6.50. The first kappa shape index (κ1) is 16.4. The third kappa shape index (κ3) is 11.6. The van der Waals surface area contributed by atoms with Gasteiger partial charge in [0.25, 0.3) is 0 Å². The SMILES string of the molecule is CC(C)CCCCCCC(=O)OCC(O)CO. The summed E-state index contributed by atoms with van der Waals surface area (Å²) in [5, 5.41) is 17.5. The molecule has 17 heavy (non-hydrogen) atoms. The standard InChI is InChI=1S/C13H26O4/c1-11(2)7-5-3-4-6-8-13(16)17-10-12(15)9-14/h11-12,14-15H,3-10H2,1-2H3. The van der Waals surface area contributed by atoms with Gasteiger partial charge in [-0.05, 0) is 12.3 Å². The molecule has 0 aromatic carbocycles. The average molecular weight is 246 g/mol. The lowest BCUT2D eigenvalue weighted by Crippen LogP contribution is -2.21. The highest BCUT2D eigenvalue weighted by Crippen LogP contribution is 2.10. The average Bonchev–Trinajstić information content (AvgIpc) is 2.30. The van der Waals surface area contributed by atoms with Crippen LogP contribution in [-0.4, -0.2) is 35.5 Å². The summed E-state index contributed by atoms with van der Waals surface area (Å²) < 4.78 is 4.79. The molecular formula is C13H26O4. The van der Waals surface area contributed by atoms with Crippen molar-refractivity contribution in [3.05, 3.63) is 0 Å². The molecule has 0 bridgehead atoms. The van der Waals surface area contributed by atoms with E-state index in [0.29, 0.717) is 6.42 Å². The summed E-state index contributed by atoms with van der Waals surface area (Å²) in [5.41, 5.74) is 0. The Hall–Kier alpha value is -0.610. The molecular weight excluding hydrogens is 220 g/mol. The van der Waals surface area contributed by atoms with Gasteiger partial charge in [-0.3, -0.25) is 4.79 Å². The van der Waals surface area contributed by atoms with Crippen LogP contribution in [0.2, 0.25) is 0 Å². The van der Waals surface area contributed by atoms with Gasteiger partial charge >= 0.3 is 5.97 Å². The van der Waals surface area contributed by atoms with Crippen LogP contribution >= 0.6 is 0 Å². The summed E-state index contributed by atoms with van der Waals surface area (Å²) in [6.45, 7) is 3.94. The highest BCUT2D eigenvalue weighted by atomic mass is 16.5. The van der Waals surface area contributed by atoms with Crippen LogP contribution in [0.4, 0.5) is 0 Å². The van der Waals surface area contributed by atoms with Crippen LogP contribution in [0, 0.1) is 5.92 Å². The molecule has 0 aromatic rings. The Morgan fingerprint density at radius 2 is 1.82 bits per heavy atom. The van der Waals surface area contributed by atoms with Gasteiger partial charge in [-0.15, -0.1) is 0 Å². The van der Waals surface area contributed by atoms with Crippen LogP contribution in [0.1, 0.15) is 52.4 Å². The third-order valence-electron chi connectivity index (χ3n) is 2.56. The number of esters is 1. The lowest BCUT2D eigenvalue weighted by molar-refractivity contribution is -0.147. The van der Waals surface area contributed by atoms with Gasteiger partial charge in [-0.1, -0.05) is 39.5 Å². The lowest BCUT2D eigenvalue weighted by Gasteiger charge is -2.08. The number of carbonyl (C=O) groups is 1. The van der Waals surface area contributed by atoms with Crippen LogP contribution in [0.15, 0.2) is 0 Å². The quantitative estimate of drug-likeness (QED) is 0.456. The number of aliphatic hydroxyl groups excluding tert-OH is 2. The second kappa shape index (κ2) is 10.5. The van der Waals surface area contributed by atoms with E-state index in [1.54, 1.807) is 0 Å². The summed E-state index contributed by atoms with van der Waals surface area (Å²) in [6.07, 6.45) is 4.95. The van der Waals surface area contributed by atoms with E-state index in [1.165, 1.54) is 12.8 Å². The molecule has 0 radical (unpaired) electrons. The van der Waals surface area contributed by atoms with Crippen molar-refractivity contribution in [2.24, 2.45) is 5.92 Å². The predicted octanol–water partition coefficient (Wildman–Crippen LogP) is 1.88. The maximum atomic E-state index is 11.2. The van der Waals surface area contributed by atoms with Crippen molar-refractivity contribution < 1.29 is 19.7 Å². The van der Waals surface area contributed by atoms with Crippen molar-refractivity contribution in [1.82, 2.24) is 0 Å². The van der Waals surface area contributed by atoms with Crippen molar-refractivity contribution in [2.45, 2.75) is 58.5 Å². The Balaban J connectivity index is 3.28. The number of unbranched alkanes of at least 4 members (excludes halogenated alkanes) is 3. The van der Waals surface area contributed by atoms with Gasteiger partial charge < -0.3 is 14.9 Å². The highest BCUT2D eigenvalue weighted by molar-refractivity contribution is 5.69. The Labute approximate surface area is 104 Å². The number of hydrogen-bond donors (Lipinski definition) is 2. The fraction of sp³-hybridized carbons (Fsp3) is 0.923. The predicted molar refractivity (Wildman–Crippen MR) is 66.6 cm³/mol. The Bertz CT molecular complexity index is 192. The summed E-state index contributed by atoms with van der Waals surface area (Å²) in [4.78, 5) is 11.2. The van der Waals surface area contributed by atoms with E-state index < -0.39 is 6.10 Å². The number of hydrogen-bond acceptors (Lipinski definition) is 4. The molecule has 2 N–H and O–H groups in total. The van der Waals surface area contributed by atoms with Crippen molar-refractivity contribution in [1.29, 1.82) is 0 Å². The molecule has 0 saturated heterocycles. The van der Waals surface area contributed by atoms with Crippen LogP contribution in [0.3, 0.4) is 0 Å². The van der Waals surface area contributed by atoms with Gasteiger partial charge in [0.05, 0.1) is 6.61 Å². The minimum Gasteiger partial charge on any atom is -0.463 e. The molecule has 4 nitrogen and oxygen atoms in total. The molecule has 0 rings (SSSR count). The Kier molecular flexibility index (Phi) is 10.2. The maximum Gasteiger partial charge on any atom is 0.305 e. The lowest BCUT2D eigenvalue weighted by atomic mass is 10.0. The number of carbonyl (C=O) groups excluding carboxylic acids is 1. The van der Waals surface area contributed by atoms with Gasteiger partial charge in [-0.25, -0.2) is 0 Å². The molecule has 0 aliphatic carbocycles. The van der Waals surface area contributed by atoms with E-state index in [2.05, 4.69) is 13.8 Å². The molecule has 0 aromatic heterocycles. The van der Waals surface area contributed by atoms with E-state index in [0.717, 1.165) is 25.2 Å². The molecule has 0 spiro atoms. The molecule has 0 aliphatic heterocycles. The number of rotatable bonds is 10. The van der Waals surface area contributed by atoms with E-state index in [4.69, 9.17) is 14.9 Å². The van der Waals surface area contributed by atoms with Gasteiger partial charge in [-0.2, -0.15) is 0 Å². The van der Waals surface area contributed by atoms with Crippen LogP contribution in [-0.2, 0) is 9.53 Å². The second-order valence-corrected chi connectivity index (χ2v) is 4.87. The van der Waals surface area contributed by atoms with E-state index in [-0.39, 0.29) is 19.2 Å². The van der Waals surface area contributed by atoms with E-state index in [1.807, 2.05) is 0 Å². The normalized spacial score (nSPS) is 12.8. The van der Waals surface area contributed by atoms with Crippen LogP contribution in [0.5, 0.6) is 0 Å². The highest BCUT2D eigenvalue weighted by Gasteiger charge is 2.07. The molecule has 0 heterocycles. The fourth-order valence-electron chi connectivity index (χ4n) is 1.49. The van der Waals surface area contributed by atoms with E-state index in [9.17, 15) is 4.79 Å². The topological polar surface area (TPSA) is 66.8 Å². The molecule has 0 fully saturated rings. The molecule has 0 amide bonds.